The fourth-order valence-electron chi connectivity index (χ4n) is 8.27. The Morgan fingerprint density at radius 3 is 1.51 bits per heavy atom. The molecular formula is C50H31NO2. The van der Waals surface area contributed by atoms with Crippen LogP contribution in [0.4, 0.5) is 17.1 Å². The molecule has 3 heteroatoms. The monoisotopic (exact) mass is 677 g/mol. The zero-order valence-electron chi connectivity index (χ0n) is 28.7. The summed E-state index contributed by atoms with van der Waals surface area (Å²) in [5, 5.41) is 2.31. The van der Waals surface area contributed by atoms with Crippen LogP contribution >= 0.6 is 0 Å². The Kier molecular flexibility index (Phi) is 7.12. The van der Waals surface area contributed by atoms with Crippen molar-refractivity contribution in [3.05, 3.63) is 204 Å². The van der Waals surface area contributed by atoms with E-state index < -0.39 is 0 Å². The average molecular weight is 678 g/mol. The number of allylic oxidation sites excluding steroid dienone is 1. The molecule has 2 aliphatic carbocycles. The topological polar surface area (TPSA) is 37.4 Å². The molecule has 0 amide bonds. The molecule has 248 valence electrons. The van der Waals surface area contributed by atoms with Crippen molar-refractivity contribution < 1.29 is 9.59 Å². The van der Waals surface area contributed by atoms with Crippen LogP contribution in [0, 0.1) is 0 Å². The molecule has 3 nitrogen and oxygen atoms in total. The normalized spacial score (nSPS) is 12.6. The summed E-state index contributed by atoms with van der Waals surface area (Å²) in [6, 6.07) is 62.2. The molecule has 10 rings (SSSR count). The first-order valence-corrected chi connectivity index (χ1v) is 17.9. The molecule has 2 aliphatic rings. The SMILES string of the molecule is O=C1C(=Cc2cc(-c3ccccc3)c3c(c2-c2ccccc2)-c2cccc4c(N(c5ccccc5)c5ccccc5)ccc-3c24)C(=O)c2ccccc21. The van der Waals surface area contributed by atoms with Gasteiger partial charge in [0.25, 0.3) is 0 Å². The van der Waals surface area contributed by atoms with Crippen molar-refractivity contribution >= 4 is 45.5 Å². The lowest BCUT2D eigenvalue weighted by Gasteiger charge is -2.27. The van der Waals surface area contributed by atoms with E-state index in [0.717, 1.165) is 72.5 Å². The second kappa shape index (κ2) is 12.3. The van der Waals surface area contributed by atoms with Gasteiger partial charge in [0.2, 0.25) is 0 Å². The van der Waals surface area contributed by atoms with E-state index in [-0.39, 0.29) is 17.1 Å². The molecule has 0 saturated heterocycles. The minimum absolute atomic E-state index is 0.194. The number of hydrogen-bond donors (Lipinski definition) is 0. The van der Waals surface area contributed by atoms with Gasteiger partial charge in [-0.15, -0.1) is 0 Å². The number of carbonyl (C=O) groups excluding carboxylic acids is 2. The fraction of sp³-hybridized carbons (Fsp3) is 0. The summed E-state index contributed by atoms with van der Waals surface area (Å²) < 4.78 is 0. The highest BCUT2D eigenvalue weighted by molar-refractivity contribution is 6.41. The Labute approximate surface area is 307 Å². The Morgan fingerprint density at radius 2 is 0.906 bits per heavy atom. The van der Waals surface area contributed by atoms with Crippen LogP contribution in [0.15, 0.2) is 188 Å². The molecule has 0 aromatic heterocycles. The third-order valence-electron chi connectivity index (χ3n) is 10.5. The Hall–Kier alpha value is -7.10. The first-order valence-electron chi connectivity index (χ1n) is 17.9. The molecule has 0 saturated carbocycles. The molecule has 0 spiro atoms. The maximum absolute atomic E-state index is 13.8. The van der Waals surface area contributed by atoms with Crippen molar-refractivity contribution in [2.75, 3.05) is 4.90 Å². The van der Waals surface area contributed by atoms with Crippen LogP contribution in [0.5, 0.6) is 0 Å². The van der Waals surface area contributed by atoms with E-state index >= 15 is 0 Å². The van der Waals surface area contributed by atoms with E-state index in [1.54, 1.807) is 12.1 Å². The van der Waals surface area contributed by atoms with Crippen LogP contribution < -0.4 is 4.90 Å². The van der Waals surface area contributed by atoms with E-state index in [9.17, 15) is 9.59 Å². The molecule has 0 aliphatic heterocycles. The zero-order valence-corrected chi connectivity index (χ0v) is 28.7. The number of rotatable bonds is 6. The van der Waals surface area contributed by atoms with Gasteiger partial charge in [-0.25, -0.2) is 0 Å². The number of ketones is 2. The zero-order chi connectivity index (χ0) is 35.5. The lowest BCUT2D eigenvalue weighted by molar-refractivity contribution is 0.0990. The van der Waals surface area contributed by atoms with Gasteiger partial charge in [0.15, 0.2) is 11.6 Å². The molecule has 0 fully saturated rings. The van der Waals surface area contributed by atoms with E-state index in [1.807, 2.05) is 54.6 Å². The highest BCUT2D eigenvalue weighted by Crippen LogP contribution is 2.57. The minimum Gasteiger partial charge on any atom is -0.310 e. The van der Waals surface area contributed by atoms with Gasteiger partial charge in [0, 0.05) is 27.9 Å². The minimum atomic E-state index is -0.233. The summed E-state index contributed by atoms with van der Waals surface area (Å²) in [6.45, 7) is 0. The van der Waals surface area contributed by atoms with Gasteiger partial charge in [0.1, 0.15) is 0 Å². The van der Waals surface area contributed by atoms with Crippen LogP contribution in [0.1, 0.15) is 26.3 Å². The molecule has 0 N–H and O–H groups in total. The average Bonchev–Trinajstić information content (AvgIpc) is 3.68. The Balaban J connectivity index is 1.30. The van der Waals surface area contributed by atoms with Gasteiger partial charge in [-0.3, -0.25) is 9.59 Å². The predicted octanol–water partition coefficient (Wildman–Crippen LogP) is 12.8. The second-order valence-electron chi connectivity index (χ2n) is 13.5. The van der Waals surface area contributed by atoms with Crippen molar-refractivity contribution in [1.82, 2.24) is 0 Å². The smallest absolute Gasteiger partial charge is 0.197 e. The van der Waals surface area contributed by atoms with Crippen LogP contribution in [0.3, 0.4) is 0 Å². The summed E-state index contributed by atoms with van der Waals surface area (Å²) in [5.41, 5.74) is 13.8. The van der Waals surface area contributed by atoms with E-state index in [1.165, 1.54) is 5.39 Å². The van der Waals surface area contributed by atoms with Crippen LogP contribution in [-0.2, 0) is 0 Å². The Morgan fingerprint density at radius 1 is 0.396 bits per heavy atom. The van der Waals surface area contributed by atoms with Gasteiger partial charge in [-0.1, -0.05) is 146 Å². The number of para-hydroxylation sites is 2. The number of carbonyl (C=O) groups is 2. The van der Waals surface area contributed by atoms with Crippen molar-refractivity contribution in [1.29, 1.82) is 0 Å². The summed E-state index contributed by atoms with van der Waals surface area (Å²) in [5.74, 6) is -0.466. The van der Waals surface area contributed by atoms with Crippen molar-refractivity contribution in [2.45, 2.75) is 0 Å². The highest BCUT2D eigenvalue weighted by atomic mass is 16.2. The van der Waals surface area contributed by atoms with Crippen molar-refractivity contribution in [2.24, 2.45) is 0 Å². The van der Waals surface area contributed by atoms with Crippen molar-refractivity contribution in [3.63, 3.8) is 0 Å². The van der Waals surface area contributed by atoms with Crippen LogP contribution in [0.2, 0.25) is 0 Å². The standard InChI is InChI=1S/C50H31NO2/c52-49-37-24-13-14-25-38(37)50(53)43(49)31-34-30-42(32-16-5-1-6-17-32)47-41-28-29-44(51(35-20-9-3-10-21-35)36-22-11-4-12-23-36)39-26-15-27-40(46(39)41)48(47)45(34)33-18-7-2-8-19-33/h1-31H. The maximum atomic E-state index is 13.8. The second-order valence-corrected chi connectivity index (χ2v) is 13.5. The van der Waals surface area contributed by atoms with Gasteiger partial charge < -0.3 is 4.90 Å². The molecule has 0 heterocycles. The maximum Gasteiger partial charge on any atom is 0.197 e. The number of anilines is 3. The first-order chi connectivity index (χ1) is 26.2. The molecular weight excluding hydrogens is 647 g/mol. The number of Topliss-reactive ketones (excluding diaryl/α,β-unsaturated/α-hetero) is 2. The molecule has 8 aromatic carbocycles. The number of hydrogen-bond acceptors (Lipinski definition) is 3. The highest BCUT2D eigenvalue weighted by Gasteiger charge is 2.35. The van der Waals surface area contributed by atoms with Crippen LogP contribution in [0.25, 0.3) is 61.4 Å². The third kappa shape index (κ3) is 4.82. The fourth-order valence-corrected chi connectivity index (χ4v) is 8.27. The summed E-state index contributed by atoms with van der Waals surface area (Å²) in [7, 11) is 0. The third-order valence-corrected chi connectivity index (χ3v) is 10.5. The van der Waals surface area contributed by atoms with Crippen molar-refractivity contribution in [3.8, 4) is 44.5 Å². The summed E-state index contributed by atoms with van der Waals surface area (Å²) in [4.78, 5) is 30.0. The van der Waals surface area contributed by atoms with Gasteiger partial charge >= 0.3 is 0 Å². The van der Waals surface area contributed by atoms with E-state index in [2.05, 4.69) is 126 Å². The molecule has 53 heavy (non-hydrogen) atoms. The molecule has 8 aromatic rings. The van der Waals surface area contributed by atoms with E-state index in [4.69, 9.17) is 0 Å². The number of benzene rings is 8. The summed E-state index contributed by atoms with van der Waals surface area (Å²) >= 11 is 0. The molecule has 0 radical (unpaired) electrons. The van der Waals surface area contributed by atoms with Gasteiger partial charge in [-0.2, -0.15) is 0 Å². The lowest BCUT2D eigenvalue weighted by atomic mass is 9.83. The predicted molar refractivity (Wildman–Crippen MR) is 217 cm³/mol. The molecule has 0 atom stereocenters. The number of fused-ring (bicyclic) bond motifs is 4. The van der Waals surface area contributed by atoms with E-state index in [0.29, 0.717) is 11.1 Å². The van der Waals surface area contributed by atoms with Gasteiger partial charge in [0.05, 0.1) is 11.3 Å². The van der Waals surface area contributed by atoms with Gasteiger partial charge in [-0.05, 0) is 97.9 Å². The molecule has 0 bridgehead atoms. The quantitative estimate of drug-likeness (QED) is 0.130. The molecule has 0 unspecified atom stereocenters. The lowest BCUT2D eigenvalue weighted by Crippen LogP contribution is -2.10. The first kappa shape index (κ1) is 30.7. The summed E-state index contributed by atoms with van der Waals surface area (Å²) in [6.07, 6.45) is 1.83. The number of nitrogens with zero attached hydrogens (tertiary/aromatic N) is 1. The largest absolute Gasteiger partial charge is 0.310 e. The Bertz CT molecular complexity index is 2710. The van der Waals surface area contributed by atoms with Crippen LogP contribution in [-0.4, -0.2) is 11.6 Å².